The predicted octanol–water partition coefficient (Wildman–Crippen LogP) is 19.3. The van der Waals surface area contributed by atoms with E-state index in [1.165, 1.54) is 77.0 Å². The van der Waals surface area contributed by atoms with Crippen LogP contribution in [0.5, 0.6) is 0 Å². The summed E-state index contributed by atoms with van der Waals surface area (Å²) < 4.78 is 0. The van der Waals surface area contributed by atoms with Gasteiger partial charge in [-0.3, -0.25) is 0 Å². The molecule has 0 bridgehead atoms. The van der Waals surface area contributed by atoms with Gasteiger partial charge in [-0.15, -0.1) is 0 Å². The van der Waals surface area contributed by atoms with E-state index in [4.69, 9.17) is 0 Å². The monoisotopic (exact) mass is 1430 g/mol. The maximum Gasteiger partial charge on any atom is 0 e. The van der Waals surface area contributed by atoms with E-state index >= 15 is 0 Å². The van der Waals surface area contributed by atoms with Crippen LogP contribution in [0.15, 0.2) is 0 Å². The van der Waals surface area contributed by atoms with E-state index < -0.39 is 0 Å². The van der Waals surface area contributed by atoms with Crippen LogP contribution in [-0.4, -0.2) is 0 Å². The minimum Gasteiger partial charge on any atom is -0.0776 e. The Morgan fingerprint density at radius 3 is 0.377 bits per heavy atom. The van der Waals surface area contributed by atoms with Gasteiger partial charge in [0.15, 0.2) is 0 Å². The molecule has 0 aliphatic rings. The van der Waals surface area contributed by atoms with Gasteiger partial charge in [-0.05, 0) is 11.8 Å². The molecule has 0 amide bonds. The van der Waals surface area contributed by atoms with Crippen molar-refractivity contribution in [3.05, 3.63) is 0 Å². The maximum atomic E-state index is 2.31. The van der Waals surface area contributed by atoms with Gasteiger partial charge in [-0.1, -0.05) is 261 Å². The Balaban J connectivity index is -0.00000000294. The Morgan fingerprint density at radius 1 is 0.230 bits per heavy atom. The summed E-state index contributed by atoms with van der Waals surface area (Å²) >= 11 is 0. The molecule has 0 fully saturated rings. The zero-order valence-electron chi connectivity index (χ0n) is 35.1. The zero-order valence-corrected chi connectivity index (χ0v) is 49.9. The first-order valence-corrected chi connectivity index (χ1v) is 15.3. The summed E-state index contributed by atoms with van der Waals surface area (Å²) in [7, 11) is 0. The number of hydrogen-bond acceptors (Lipinski definition) is 0. The van der Waals surface area contributed by atoms with Crippen LogP contribution in [0.3, 0.4) is 0 Å². The molecule has 21 heteroatoms. The molecule has 0 spiro atoms. The van der Waals surface area contributed by atoms with E-state index in [-0.39, 0.29) is 852 Å². The number of hydrogen-bond donors (Lipinski definition) is 0. The predicted molar refractivity (Wildman–Crippen MR) is 218 cm³/mol. The molecule has 0 saturated heterocycles. The third-order valence-electron chi connectivity index (χ3n) is 4.21. The Morgan fingerprint density at radius 2 is 0.361 bits per heavy atom. The molecule has 0 aliphatic heterocycles. The van der Waals surface area contributed by atoms with Crippen molar-refractivity contribution in [2.75, 3.05) is 0 Å². The molecule has 61 heavy (non-hydrogen) atoms. The molecule has 0 aromatic rings. The Hall–Kier alpha value is 26.5. The molecule has 1 atom stereocenters. The average Bonchev–Trinajstić information content (AvgIpc) is 2.85. The van der Waals surface area contributed by atoms with Crippen LogP contribution in [0.4, 0.5) is 0 Å². The minimum absolute atomic E-state index is 0. The fourth-order valence-electron chi connectivity index (χ4n) is 1.40. The summed E-state index contributed by atoms with van der Waals surface area (Å²) in [4.78, 5) is 0. The molecule has 0 saturated carbocycles. The van der Waals surface area contributed by atoms with Gasteiger partial charge >= 0.3 is 0 Å². The van der Waals surface area contributed by atoms with Gasteiger partial charge < -0.3 is 0 Å². The maximum absolute atomic E-state index is 2.31. The fourth-order valence-corrected chi connectivity index (χ4v) is 1.40. The van der Waals surface area contributed by atoms with Gasteiger partial charge in [0.25, 0.3) is 0 Å². The topological polar surface area (TPSA) is 0 Å². The molecule has 0 nitrogen and oxygen atoms in total. The van der Waals surface area contributed by atoms with Crippen molar-refractivity contribution < 1.29 is 793 Å². The Labute approximate surface area is 1030 Å². The van der Waals surface area contributed by atoms with Crippen molar-refractivity contribution in [2.24, 2.45) is 11.8 Å². The SMILES string of the molecule is C.C.C.C.C.C.C.C.CC.CC.CC.CCC(C)C.CCCC.CCCC(C)CC.CCCCC.CCCCC.[Ar].[Ar].[Ar].[Ar].[Ar].[Ar].[Ar].[Ar].[Ar].[Ar].[Ar].[Ar].[Ar].[Ar].[Ar].[Ar].[Ar].[Ar].[Ar].[Ar].[Ar]. The molecule has 0 heterocycles. The van der Waals surface area contributed by atoms with Gasteiger partial charge in [0.1, 0.15) is 0 Å². The largest absolute Gasteiger partial charge is 0.0776 e. The van der Waals surface area contributed by atoms with Gasteiger partial charge in [0.2, 0.25) is 0 Å². The first-order chi connectivity index (χ1) is 15.3. The summed E-state index contributed by atoms with van der Waals surface area (Å²) in [5, 5.41) is 0. The summed E-state index contributed by atoms with van der Waals surface area (Å²) in [6.45, 7) is 38.7. The van der Waals surface area contributed by atoms with E-state index in [1.807, 2.05) is 41.5 Å². The van der Waals surface area contributed by atoms with E-state index in [2.05, 4.69) is 83.1 Å². The van der Waals surface area contributed by atoms with E-state index in [1.54, 1.807) is 0 Å². The first-order valence-electron chi connectivity index (χ1n) is 15.3. The third kappa shape index (κ3) is 417. The smallest absolute Gasteiger partial charge is 0 e. The van der Waals surface area contributed by atoms with E-state index in [0.717, 1.165) is 11.8 Å². The molecular formula is C40H112Ar21. The average molecular weight is 1430 g/mol. The van der Waals surface area contributed by atoms with Crippen LogP contribution in [-0.2, 0) is 0 Å². The fraction of sp³-hybridized carbons (Fsp3) is 1.00. The molecule has 0 N–H and O–H groups in total. The molecule has 0 rings (SSSR count). The van der Waals surface area contributed by atoms with E-state index in [9.17, 15) is 0 Å². The molecule has 0 aromatic carbocycles. The zero-order chi connectivity index (χ0) is 27.6. The van der Waals surface area contributed by atoms with Crippen LogP contribution in [0.25, 0.3) is 0 Å². The third-order valence-corrected chi connectivity index (χ3v) is 4.21. The van der Waals surface area contributed by atoms with Crippen molar-refractivity contribution in [3.8, 4) is 0 Å². The summed E-state index contributed by atoms with van der Waals surface area (Å²) in [6.07, 6.45) is 16.2. The molecular weight excluding hydrogens is 1320 g/mol. The quantitative estimate of drug-likeness (QED) is 0.216. The molecule has 1 unspecified atom stereocenters. The van der Waals surface area contributed by atoms with Crippen LogP contribution < -0.4 is 0 Å². The normalized spacial score (nSPS) is 4.57. The van der Waals surface area contributed by atoms with Crippen molar-refractivity contribution in [1.29, 1.82) is 0 Å². The van der Waals surface area contributed by atoms with Gasteiger partial charge in [0, 0.05) is 793 Å². The number of unbranched alkanes of at least 4 members (excludes halogenated alkanes) is 5. The number of rotatable bonds is 9. The van der Waals surface area contributed by atoms with Crippen molar-refractivity contribution in [2.45, 2.75) is 261 Å². The molecule has 0 aliphatic carbocycles. The molecule has 440 valence electrons. The summed E-state index contributed by atoms with van der Waals surface area (Å²) in [6, 6.07) is 0. The van der Waals surface area contributed by atoms with Crippen molar-refractivity contribution in [3.63, 3.8) is 0 Å². The van der Waals surface area contributed by atoms with Crippen molar-refractivity contribution >= 4 is 0 Å². The van der Waals surface area contributed by atoms with Crippen LogP contribution in [0.2, 0.25) is 0 Å². The Bertz CT molecular complexity index is 193. The summed E-state index contributed by atoms with van der Waals surface area (Å²) in [5.41, 5.74) is 0. The summed E-state index contributed by atoms with van der Waals surface area (Å²) in [5.74, 6) is 1.83. The van der Waals surface area contributed by atoms with Crippen molar-refractivity contribution in [1.82, 2.24) is 0 Å². The van der Waals surface area contributed by atoms with E-state index in [0.29, 0.717) is 0 Å². The van der Waals surface area contributed by atoms with Gasteiger partial charge in [-0.25, -0.2) is 0 Å². The Kier molecular flexibility index (Phi) is 1340. The van der Waals surface area contributed by atoms with Crippen LogP contribution in [0.1, 0.15) is 261 Å². The van der Waals surface area contributed by atoms with Gasteiger partial charge in [0.05, 0.1) is 0 Å². The second-order valence-electron chi connectivity index (χ2n) is 7.81. The molecule has 0 aromatic heterocycles. The second kappa shape index (κ2) is 319. The minimum atomic E-state index is 0. The first kappa shape index (κ1) is 257. The van der Waals surface area contributed by atoms with Gasteiger partial charge in [-0.2, -0.15) is 0 Å². The standard InChI is InChI=1S/C7H16.3C5H12.C4H10.3C2H6.8CH4.21Ar/c1-4-6-7(3)5-2;1-4-5(2)3;2*1-3-5-4-2;1-3-4-2;3*1-2;;;;;;;;;;;;;;;;;;;;;;;;;;;;;/h7H,4-6H2,1-3H3;5H,4H2,1-3H3;2*3-5H2,1-2H3;3-4H2,1-2H3;3*1-2H3;8*1H4;;;;;;;;;;;;;;;;;;;;;. The van der Waals surface area contributed by atoms with Crippen LogP contribution >= 0.6 is 0 Å². The molecule has 0 radical (unpaired) electrons. The second-order valence-corrected chi connectivity index (χ2v) is 7.81. The van der Waals surface area contributed by atoms with Crippen LogP contribution in [0, 0.1) is 804 Å².